The van der Waals surface area contributed by atoms with Gasteiger partial charge in [-0.15, -0.1) is 0 Å². The van der Waals surface area contributed by atoms with E-state index < -0.39 is 5.82 Å². The van der Waals surface area contributed by atoms with Crippen molar-refractivity contribution in [3.63, 3.8) is 0 Å². The number of hydrogen-bond donors (Lipinski definition) is 4. The van der Waals surface area contributed by atoms with E-state index in [4.69, 9.17) is 9.57 Å². The molecule has 0 aliphatic carbocycles. The Morgan fingerprint density at radius 2 is 2.03 bits per heavy atom. The maximum Gasteiger partial charge on any atom is 0.230 e. The summed E-state index contributed by atoms with van der Waals surface area (Å²) in [5.74, 6) is 1.01. The molecule has 0 aliphatic heterocycles. The van der Waals surface area contributed by atoms with Crippen molar-refractivity contribution in [3.05, 3.63) is 66.4 Å². The zero-order valence-electron chi connectivity index (χ0n) is 22.0. The Kier molecular flexibility index (Phi) is 9.36. The molecule has 2 aromatic heterocycles. The SMILES string of the molecule is CC[N+](CCO)(CCCOc1ccc2c(Nc3cc(CC(=O)Nc4cccc(F)c4)[nH]n3)ncnc2c1)OC. The maximum absolute atomic E-state index is 13.3. The first-order chi connectivity index (χ1) is 18.9. The monoisotopic (exact) mass is 538 g/mol. The number of aromatic nitrogens is 4. The molecule has 12 heteroatoms. The van der Waals surface area contributed by atoms with E-state index in [1.807, 2.05) is 25.1 Å². The quantitative estimate of drug-likeness (QED) is 0.109. The molecule has 39 heavy (non-hydrogen) atoms. The van der Waals surface area contributed by atoms with Gasteiger partial charge < -0.3 is 20.5 Å². The number of halogens is 1. The van der Waals surface area contributed by atoms with Crippen LogP contribution in [0.4, 0.5) is 21.7 Å². The van der Waals surface area contributed by atoms with Crippen LogP contribution in [0.25, 0.3) is 10.9 Å². The average Bonchev–Trinajstić information content (AvgIpc) is 3.36. The van der Waals surface area contributed by atoms with E-state index >= 15 is 0 Å². The van der Waals surface area contributed by atoms with Crippen LogP contribution >= 0.6 is 0 Å². The minimum Gasteiger partial charge on any atom is -0.493 e. The maximum atomic E-state index is 13.3. The standard InChI is InChI=1S/C27H32FN7O4/c1-3-35(38-2,11-12-36)10-5-13-39-22-8-9-23-24(17-22)29-18-30-27(23)32-25-15-21(33-34-25)16-26(37)31-20-7-4-6-19(28)14-20/h4,6-9,14-15,17-18,36H,3,5,10-13,16H2,1-2H3,(H2-,29,30,31,32,33,34,37)/p+1. The molecule has 4 rings (SSSR count). The molecule has 0 radical (unpaired) electrons. The summed E-state index contributed by atoms with van der Waals surface area (Å²) in [6.45, 7) is 4.63. The van der Waals surface area contributed by atoms with Crippen LogP contribution in [0.5, 0.6) is 5.75 Å². The molecule has 0 saturated carbocycles. The fourth-order valence-electron chi connectivity index (χ4n) is 4.27. The highest BCUT2D eigenvalue weighted by molar-refractivity contribution is 5.93. The van der Waals surface area contributed by atoms with Gasteiger partial charge >= 0.3 is 0 Å². The molecule has 0 bridgehead atoms. The summed E-state index contributed by atoms with van der Waals surface area (Å²) in [7, 11) is 1.66. The Labute approximate surface area is 225 Å². The third kappa shape index (κ3) is 7.47. The number of hydrogen-bond acceptors (Lipinski definition) is 8. The van der Waals surface area contributed by atoms with Crippen LogP contribution in [-0.2, 0) is 16.1 Å². The second-order valence-corrected chi connectivity index (χ2v) is 8.97. The first kappa shape index (κ1) is 27.9. The fraction of sp³-hybridized carbons (Fsp3) is 0.333. The average molecular weight is 539 g/mol. The van der Waals surface area contributed by atoms with Crippen LogP contribution in [0.2, 0.25) is 0 Å². The van der Waals surface area contributed by atoms with Gasteiger partial charge in [0.25, 0.3) is 0 Å². The van der Waals surface area contributed by atoms with E-state index in [1.165, 1.54) is 24.5 Å². The molecule has 2 aromatic carbocycles. The first-order valence-electron chi connectivity index (χ1n) is 12.7. The second kappa shape index (κ2) is 13.1. The summed E-state index contributed by atoms with van der Waals surface area (Å²) < 4.78 is 19.7. The van der Waals surface area contributed by atoms with Crippen molar-refractivity contribution in [3.8, 4) is 5.75 Å². The normalized spacial score (nSPS) is 12.7. The molecule has 0 saturated heterocycles. The number of aliphatic hydroxyl groups is 1. The number of quaternary nitrogens is 1. The van der Waals surface area contributed by atoms with Crippen molar-refractivity contribution in [2.24, 2.45) is 0 Å². The summed E-state index contributed by atoms with van der Waals surface area (Å²) in [5, 5.41) is 23.0. The minimum atomic E-state index is -0.421. The van der Waals surface area contributed by atoms with Gasteiger partial charge in [-0.25, -0.2) is 19.2 Å². The molecule has 4 aromatic rings. The lowest BCUT2D eigenvalue weighted by Gasteiger charge is -2.32. The summed E-state index contributed by atoms with van der Waals surface area (Å²) in [6.07, 6.45) is 2.26. The first-order valence-corrected chi connectivity index (χ1v) is 12.7. The molecule has 0 spiro atoms. The zero-order chi connectivity index (χ0) is 27.7. The number of fused-ring (bicyclic) bond motifs is 1. The Hall–Kier alpha value is -4.13. The fourth-order valence-corrected chi connectivity index (χ4v) is 4.27. The van der Waals surface area contributed by atoms with Crippen LogP contribution in [0.1, 0.15) is 19.0 Å². The van der Waals surface area contributed by atoms with Gasteiger partial charge in [-0.05, 0) is 37.3 Å². The molecule has 4 N–H and O–H groups in total. The molecule has 11 nitrogen and oxygen atoms in total. The molecule has 0 aliphatic rings. The number of carbonyl (C=O) groups excluding carboxylic acids is 1. The number of nitrogens with one attached hydrogen (secondary N) is 3. The number of anilines is 3. The highest BCUT2D eigenvalue weighted by Gasteiger charge is 2.25. The van der Waals surface area contributed by atoms with E-state index in [0.29, 0.717) is 52.1 Å². The lowest BCUT2D eigenvalue weighted by Crippen LogP contribution is -2.49. The van der Waals surface area contributed by atoms with E-state index in [2.05, 4.69) is 30.8 Å². The highest BCUT2D eigenvalue weighted by Crippen LogP contribution is 2.26. The van der Waals surface area contributed by atoms with Crippen molar-refractivity contribution >= 4 is 34.1 Å². The molecule has 2 heterocycles. The van der Waals surface area contributed by atoms with Crippen LogP contribution in [0, 0.1) is 5.82 Å². The molecular formula is C27H33FN7O4+. The van der Waals surface area contributed by atoms with Gasteiger partial charge in [0.15, 0.2) is 5.82 Å². The summed E-state index contributed by atoms with van der Waals surface area (Å²) in [5.41, 5.74) is 1.67. The lowest BCUT2D eigenvalue weighted by atomic mass is 10.2. The number of rotatable bonds is 14. The van der Waals surface area contributed by atoms with Crippen LogP contribution in [0.15, 0.2) is 54.9 Å². The number of H-pyrrole nitrogens is 1. The second-order valence-electron chi connectivity index (χ2n) is 8.97. The van der Waals surface area contributed by atoms with Crippen molar-refractivity contribution < 1.29 is 28.5 Å². The van der Waals surface area contributed by atoms with Crippen molar-refractivity contribution in [2.45, 2.75) is 19.8 Å². The van der Waals surface area contributed by atoms with E-state index in [0.717, 1.165) is 24.9 Å². The number of hydroxylamine groups is 3. The predicted octanol–water partition coefficient (Wildman–Crippen LogP) is 3.58. The topological polar surface area (TPSA) is 134 Å². The minimum absolute atomic E-state index is 0.0407. The molecule has 206 valence electrons. The third-order valence-corrected chi connectivity index (χ3v) is 6.39. The van der Waals surface area contributed by atoms with Crippen molar-refractivity contribution in [2.75, 3.05) is 50.6 Å². The Bertz CT molecular complexity index is 1390. The summed E-state index contributed by atoms with van der Waals surface area (Å²) in [4.78, 5) is 26.6. The Morgan fingerprint density at radius 1 is 1.15 bits per heavy atom. The van der Waals surface area contributed by atoms with E-state index in [-0.39, 0.29) is 18.9 Å². The number of aliphatic hydroxyl groups excluding tert-OH is 1. The van der Waals surface area contributed by atoms with Gasteiger partial charge in [-0.2, -0.15) is 9.75 Å². The molecule has 1 unspecified atom stereocenters. The Balaban J connectivity index is 1.34. The molecule has 0 fully saturated rings. The van der Waals surface area contributed by atoms with Crippen molar-refractivity contribution in [1.29, 1.82) is 0 Å². The number of carbonyl (C=O) groups is 1. The molecule has 1 atom stereocenters. The van der Waals surface area contributed by atoms with E-state index in [1.54, 1.807) is 19.2 Å². The van der Waals surface area contributed by atoms with Gasteiger partial charge in [0.2, 0.25) is 5.91 Å². The zero-order valence-corrected chi connectivity index (χ0v) is 22.0. The third-order valence-electron chi connectivity index (χ3n) is 6.39. The van der Waals surface area contributed by atoms with E-state index in [9.17, 15) is 14.3 Å². The summed E-state index contributed by atoms with van der Waals surface area (Å²) >= 11 is 0. The predicted molar refractivity (Wildman–Crippen MR) is 145 cm³/mol. The number of ether oxygens (including phenoxy) is 1. The van der Waals surface area contributed by atoms with Crippen LogP contribution < -0.4 is 15.4 Å². The smallest absolute Gasteiger partial charge is 0.230 e. The number of likely N-dealkylation sites (N-methyl/N-ethyl adjacent to an activating group) is 1. The number of nitrogens with zero attached hydrogens (tertiary/aromatic N) is 4. The largest absolute Gasteiger partial charge is 0.493 e. The summed E-state index contributed by atoms with van der Waals surface area (Å²) in [6, 6.07) is 13.0. The highest BCUT2D eigenvalue weighted by atomic mass is 19.1. The van der Waals surface area contributed by atoms with Gasteiger partial charge in [-0.1, -0.05) is 6.07 Å². The number of amides is 1. The van der Waals surface area contributed by atoms with Gasteiger partial charge in [-0.3, -0.25) is 9.89 Å². The molecular weight excluding hydrogens is 505 g/mol. The van der Waals surface area contributed by atoms with Crippen LogP contribution in [-0.4, -0.2) is 75.8 Å². The van der Waals surface area contributed by atoms with Gasteiger partial charge in [0.1, 0.15) is 43.3 Å². The number of aromatic amines is 1. The lowest BCUT2D eigenvalue weighted by molar-refractivity contribution is -1.10. The van der Waals surface area contributed by atoms with Crippen molar-refractivity contribution in [1.82, 2.24) is 20.2 Å². The van der Waals surface area contributed by atoms with Gasteiger partial charge in [0.05, 0.1) is 32.3 Å². The van der Waals surface area contributed by atoms with Gasteiger partial charge in [0, 0.05) is 35.3 Å². The van der Waals surface area contributed by atoms with Crippen LogP contribution in [0.3, 0.4) is 0 Å². The number of benzene rings is 2. The molecule has 1 amide bonds. The Morgan fingerprint density at radius 3 is 2.79 bits per heavy atom.